The number of halogens is 1. The van der Waals surface area contributed by atoms with Crippen LogP contribution in [0, 0.1) is 5.82 Å². The molecule has 19 heavy (non-hydrogen) atoms. The third kappa shape index (κ3) is 2.87. The molecule has 0 radical (unpaired) electrons. The Morgan fingerprint density at radius 2 is 2.11 bits per heavy atom. The van der Waals surface area contributed by atoms with E-state index in [9.17, 15) is 14.0 Å². The Kier molecular flexibility index (Phi) is 3.46. The van der Waals surface area contributed by atoms with Crippen LogP contribution in [-0.2, 0) is 7.05 Å². The summed E-state index contributed by atoms with van der Waals surface area (Å²) in [5.41, 5.74) is -0.322. The van der Waals surface area contributed by atoms with Crippen molar-refractivity contribution in [3.63, 3.8) is 0 Å². The Labute approximate surface area is 107 Å². The number of hydrogen-bond acceptors (Lipinski definition) is 4. The van der Waals surface area contributed by atoms with Crippen molar-refractivity contribution in [1.82, 2.24) is 14.5 Å². The Hall–Kier alpha value is -2.44. The molecule has 0 aromatic carbocycles. The van der Waals surface area contributed by atoms with Gasteiger partial charge in [0.1, 0.15) is 11.6 Å². The summed E-state index contributed by atoms with van der Waals surface area (Å²) in [6.07, 6.45) is 2.62. The highest BCUT2D eigenvalue weighted by Gasteiger charge is 2.08. The first-order chi connectivity index (χ1) is 8.97. The molecule has 0 unspecified atom stereocenters. The fraction of sp³-hybridized carbons (Fsp3) is 0.250. The molecule has 1 atom stereocenters. The number of aromatic amines is 1. The van der Waals surface area contributed by atoms with Crippen LogP contribution in [0.5, 0.6) is 0 Å². The van der Waals surface area contributed by atoms with Crippen molar-refractivity contribution >= 4 is 5.82 Å². The third-order valence-electron chi connectivity index (χ3n) is 2.74. The molecular weight excluding hydrogens is 251 g/mol. The lowest BCUT2D eigenvalue weighted by Gasteiger charge is -2.14. The van der Waals surface area contributed by atoms with Crippen molar-refractivity contribution < 1.29 is 4.39 Å². The molecule has 2 heterocycles. The van der Waals surface area contributed by atoms with Crippen molar-refractivity contribution in [3.05, 3.63) is 56.7 Å². The zero-order chi connectivity index (χ0) is 14.0. The van der Waals surface area contributed by atoms with Crippen LogP contribution in [0.3, 0.4) is 0 Å². The highest BCUT2D eigenvalue weighted by atomic mass is 19.1. The van der Waals surface area contributed by atoms with E-state index in [1.165, 1.54) is 25.4 Å². The third-order valence-corrected chi connectivity index (χ3v) is 2.74. The number of rotatable bonds is 3. The van der Waals surface area contributed by atoms with Gasteiger partial charge in [-0.25, -0.2) is 9.18 Å². The van der Waals surface area contributed by atoms with E-state index >= 15 is 0 Å². The summed E-state index contributed by atoms with van der Waals surface area (Å²) in [7, 11) is 1.38. The van der Waals surface area contributed by atoms with Crippen LogP contribution in [0.1, 0.15) is 18.5 Å². The maximum Gasteiger partial charge on any atom is 0.329 e. The van der Waals surface area contributed by atoms with Crippen molar-refractivity contribution in [1.29, 1.82) is 0 Å². The summed E-state index contributed by atoms with van der Waals surface area (Å²) < 4.78 is 14.0. The Bertz CT molecular complexity index is 676. The monoisotopic (exact) mass is 264 g/mol. The van der Waals surface area contributed by atoms with Gasteiger partial charge in [0.25, 0.3) is 5.56 Å². The summed E-state index contributed by atoms with van der Waals surface area (Å²) in [6, 6.07) is 2.31. The van der Waals surface area contributed by atoms with Crippen molar-refractivity contribution in [3.8, 4) is 0 Å². The highest BCUT2D eigenvalue weighted by molar-refractivity contribution is 5.36. The van der Waals surface area contributed by atoms with E-state index in [2.05, 4.69) is 15.3 Å². The highest BCUT2D eigenvalue weighted by Crippen LogP contribution is 2.16. The van der Waals surface area contributed by atoms with Gasteiger partial charge in [0.15, 0.2) is 0 Å². The van der Waals surface area contributed by atoms with Crippen molar-refractivity contribution in [2.24, 2.45) is 7.05 Å². The van der Waals surface area contributed by atoms with Gasteiger partial charge in [-0.2, -0.15) is 0 Å². The predicted octanol–water partition coefficient (Wildman–Crippen LogP) is 0.781. The van der Waals surface area contributed by atoms with Gasteiger partial charge in [0.2, 0.25) is 0 Å². The molecule has 2 aromatic rings. The summed E-state index contributed by atoms with van der Waals surface area (Å²) in [6.45, 7) is 1.77. The predicted molar refractivity (Wildman–Crippen MR) is 68.5 cm³/mol. The number of H-pyrrole nitrogens is 1. The van der Waals surface area contributed by atoms with E-state index in [0.29, 0.717) is 5.56 Å². The molecule has 0 fully saturated rings. The zero-order valence-corrected chi connectivity index (χ0v) is 10.5. The van der Waals surface area contributed by atoms with Gasteiger partial charge >= 0.3 is 5.69 Å². The Morgan fingerprint density at radius 3 is 2.74 bits per heavy atom. The van der Waals surface area contributed by atoms with E-state index in [1.807, 2.05) is 0 Å². The lowest BCUT2D eigenvalue weighted by molar-refractivity contribution is 0.616. The number of nitrogens with zero attached hydrogens (tertiary/aromatic N) is 2. The fourth-order valence-corrected chi connectivity index (χ4v) is 1.61. The van der Waals surface area contributed by atoms with Gasteiger partial charge in [-0.1, -0.05) is 0 Å². The molecule has 0 saturated heterocycles. The standard InChI is InChI=1S/C12H13FN4O2/c1-7(8-3-9(13)6-14-5-8)15-10-4-11(18)17(2)12(19)16-10/h3-7,15H,1-2H3,(H,16,19)/t7-/m0/s1. The number of anilines is 1. The minimum absolute atomic E-state index is 0.282. The molecule has 2 N–H and O–H groups in total. The van der Waals surface area contributed by atoms with Gasteiger partial charge in [0, 0.05) is 19.3 Å². The fourth-order valence-electron chi connectivity index (χ4n) is 1.61. The van der Waals surface area contributed by atoms with Crippen molar-refractivity contribution in [2.45, 2.75) is 13.0 Å². The number of hydrogen-bond donors (Lipinski definition) is 2. The molecule has 0 aliphatic heterocycles. The first-order valence-electron chi connectivity index (χ1n) is 5.64. The minimum Gasteiger partial charge on any atom is -0.365 e. The Morgan fingerprint density at radius 1 is 1.37 bits per heavy atom. The minimum atomic E-state index is -0.514. The SMILES string of the molecule is C[C@H](Nc1cc(=O)n(C)c(=O)[nH]1)c1cncc(F)c1. The molecule has 2 rings (SSSR count). The van der Waals surface area contributed by atoms with Gasteiger partial charge in [-0.05, 0) is 18.6 Å². The van der Waals surface area contributed by atoms with Crippen LogP contribution in [0.4, 0.5) is 10.2 Å². The average Bonchev–Trinajstić information content (AvgIpc) is 2.36. The van der Waals surface area contributed by atoms with Crippen molar-refractivity contribution in [2.75, 3.05) is 5.32 Å². The molecule has 0 spiro atoms. The molecule has 0 bridgehead atoms. The lowest BCUT2D eigenvalue weighted by atomic mass is 10.1. The summed E-state index contributed by atoms with van der Waals surface area (Å²) in [5.74, 6) is -0.159. The maximum absolute atomic E-state index is 13.0. The van der Waals surface area contributed by atoms with E-state index < -0.39 is 17.1 Å². The van der Waals surface area contributed by atoms with Crippen LogP contribution in [0.15, 0.2) is 34.1 Å². The van der Waals surface area contributed by atoms with E-state index in [-0.39, 0.29) is 11.9 Å². The van der Waals surface area contributed by atoms with E-state index in [4.69, 9.17) is 0 Å². The van der Waals surface area contributed by atoms with Crippen LogP contribution < -0.4 is 16.6 Å². The second kappa shape index (κ2) is 5.05. The summed E-state index contributed by atoms with van der Waals surface area (Å²) >= 11 is 0. The van der Waals surface area contributed by atoms with Crippen LogP contribution in [0.25, 0.3) is 0 Å². The first kappa shape index (κ1) is 13.0. The summed E-state index contributed by atoms with van der Waals surface area (Å²) in [5, 5.41) is 2.92. The summed E-state index contributed by atoms with van der Waals surface area (Å²) in [4.78, 5) is 29.1. The molecule has 7 heteroatoms. The zero-order valence-electron chi connectivity index (χ0n) is 10.5. The average molecular weight is 264 g/mol. The van der Waals surface area contributed by atoms with E-state index in [0.717, 1.165) is 10.8 Å². The molecule has 0 aliphatic rings. The molecule has 0 amide bonds. The maximum atomic E-state index is 13.0. The molecule has 0 aliphatic carbocycles. The Balaban J connectivity index is 2.27. The van der Waals surface area contributed by atoms with Crippen LogP contribution in [0.2, 0.25) is 0 Å². The second-order valence-electron chi connectivity index (χ2n) is 4.19. The van der Waals surface area contributed by atoms with Gasteiger partial charge in [-0.15, -0.1) is 0 Å². The quantitative estimate of drug-likeness (QED) is 0.858. The normalized spacial score (nSPS) is 12.2. The molecule has 2 aromatic heterocycles. The molecule has 0 saturated carbocycles. The topological polar surface area (TPSA) is 79.8 Å². The van der Waals surface area contributed by atoms with Gasteiger partial charge in [0.05, 0.1) is 12.2 Å². The van der Waals surface area contributed by atoms with Gasteiger partial charge < -0.3 is 5.32 Å². The second-order valence-corrected chi connectivity index (χ2v) is 4.19. The number of nitrogens with one attached hydrogen (secondary N) is 2. The molecule has 6 nitrogen and oxygen atoms in total. The van der Waals surface area contributed by atoms with Gasteiger partial charge in [-0.3, -0.25) is 19.3 Å². The molecular formula is C12H13FN4O2. The number of pyridine rings is 1. The smallest absolute Gasteiger partial charge is 0.329 e. The number of aromatic nitrogens is 3. The van der Waals surface area contributed by atoms with Crippen LogP contribution in [-0.4, -0.2) is 14.5 Å². The van der Waals surface area contributed by atoms with Crippen LogP contribution >= 0.6 is 0 Å². The lowest BCUT2D eigenvalue weighted by Crippen LogP contribution is -2.32. The largest absolute Gasteiger partial charge is 0.365 e. The van der Waals surface area contributed by atoms with E-state index in [1.54, 1.807) is 6.92 Å². The first-order valence-corrected chi connectivity index (χ1v) is 5.64. The molecule has 100 valence electrons.